The van der Waals surface area contributed by atoms with Gasteiger partial charge in [-0.15, -0.1) is 0 Å². The first-order chi connectivity index (χ1) is 15.1. The summed E-state index contributed by atoms with van der Waals surface area (Å²) in [6.07, 6.45) is 9.86. The summed E-state index contributed by atoms with van der Waals surface area (Å²) < 4.78 is 11.6. The van der Waals surface area contributed by atoms with Gasteiger partial charge in [-0.2, -0.15) is 0 Å². The fraction of sp³-hybridized carbons (Fsp3) is 0.926. The summed E-state index contributed by atoms with van der Waals surface area (Å²) in [6, 6.07) is 0. The van der Waals surface area contributed by atoms with Gasteiger partial charge in [0.25, 0.3) is 0 Å². The topological polar surface area (TPSA) is 79.2 Å². The summed E-state index contributed by atoms with van der Waals surface area (Å²) in [5.41, 5.74) is 1.73. The van der Waals surface area contributed by atoms with E-state index in [0.29, 0.717) is 36.7 Å². The first-order valence-electron chi connectivity index (χ1n) is 13.1. The van der Waals surface area contributed by atoms with Crippen LogP contribution in [0.2, 0.25) is 0 Å². The molecule has 3 saturated carbocycles. The average Bonchev–Trinajstić information content (AvgIpc) is 3.17. The van der Waals surface area contributed by atoms with Crippen molar-refractivity contribution in [3.63, 3.8) is 0 Å². The van der Waals surface area contributed by atoms with Gasteiger partial charge in [0.05, 0.1) is 12.2 Å². The SMILES string of the molecule is COCC(C)CCC1(O)O[C@H]2C[C@H]3[C@@H]4CC=C5C[C@@H](O)CC[C@]5(C)[C@H]4CC[C@]3(C)[C@H]2[C@@H]1O. The second kappa shape index (κ2) is 8.05. The molecule has 1 aliphatic heterocycles. The largest absolute Gasteiger partial charge is 0.393 e. The highest BCUT2D eigenvalue weighted by Gasteiger charge is 2.68. The van der Waals surface area contributed by atoms with E-state index in [1.165, 1.54) is 12.0 Å². The van der Waals surface area contributed by atoms with Gasteiger partial charge in [-0.3, -0.25) is 0 Å². The lowest BCUT2D eigenvalue weighted by molar-refractivity contribution is -0.239. The number of allylic oxidation sites excluding steroid dienone is 1. The molecule has 4 aliphatic carbocycles. The molecule has 0 aromatic heterocycles. The smallest absolute Gasteiger partial charge is 0.192 e. The minimum atomic E-state index is -1.42. The molecule has 0 spiro atoms. The molecule has 4 fully saturated rings. The predicted octanol–water partition coefficient (Wildman–Crippen LogP) is 4.05. The monoisotopic (exact) mass is 448 g/mol. The third-order valence-electron chi connectivity index (χ3n) is 10.8. The van der Waals surface area contributed by atoms with Gasteiger partial charge in [-0.25, -0.2) is 0 Å². The van der Waals surface area contributed by atoms with E-state index in [2.05, 4.69) is 26.8 Å². The van der Waals surface area contributed by atoms with E-state index < -0.39 is 11.9 Å². The molecule has 2 unspecified atom stereocenters. The third-order valence-corrected chi connectivity index (χ3v) is 10.8. The second-order valence-corrected chi connectivity index (χ2v) is 12.5. The Morgan fingerprint density at radius 3 is 2.72 bits per heavy atom. The molecule has 32 heavy (non-hydrogen) atoms. The summed E-state index contributed by atoms with van der Waals surface area (Å²) in [4.78, 5) is 0. The molecule has 0 aromatic rings. The molecule has 1 heterocycles. The molecule has 182 valence electrons. The molecule has 3 N–H and O–H groups in total. The Morgan fingerprint density at radius 2 is 1.97 bits per heavy atom. The molecule has 0 aromatic carbocycles. The van der Waals surface area contributed by atoms with Crippen LogP contribution in [0.3, 0.4) is 0 Å². The zero-order chi connectivity index (χ0) is 22.9. The van der Waals surface area contributed by atoms with Crippen molar-refractivity contribution in [1.82, 2.24) is 0 Å². The third kappa shape index (κ3) is 3.37. The first kappa shape index (κ1) is 23.3. The van der Waals surface area contributed by atoms with E-state index in [1.807, 2.05) is 0 Å². The van der Waals surface area contributed by atoms with Gasteiger partial charge >= 0.3 is 0 Å². The standard InChI is InChI=1S/C27H44O5/c1-16(15-31-4)7-12-27(30)24(29)23-22(32-27)14-21-19-6-5-17-13-18(28)8-10-25(17,2)20(19)9-11-26(21,23)3/h5,16,18-24,28-30H,6-15H2,1-4H3/t16?,18-,19+,20-,21-,22-,23+,24-,25-,26-,27?/m0/s1. The van der Waals surface area contributed by atoms with Crippen LogP contribution in [-0.2, 0) is 9.47 Å². The maximum atomic E-state index is 11.4. The van der Waals surface area contributed by atoms with Crippen LogP contribution < -0.4 is 0 Å². The Balaban J connectivity index is 1.34. The maximum Gasteiger partial charge on any atom is 0.192 e. The minimum Gasteiger partial charge on any atom is -0.393 e. The number of aliphatic hydroxyl groups is 3. The highest BCUT2D eigenvalue weighted by Crippen LogP contribution is 2.69. The van der Waals surface area contributed by atoms with Crippen molar-refractivity contribution in [3.05, 3.63) is 11.6 Å². The average molecular weight is 449 g/mol. The van der Waals surface area contributed by atoms with Crippen LogP contribution in [0.25, 0.3) is 0 Å². The van der Waals surface area contributed by atoms with Crippen LogP contribution in [0.15, 0.2) is 11.6 Å². The number of methoxy groups -OCH3 is 1. The van der Waals surface area contributed by atoms with E-state index >= 15 is 0 Å². The molecule has 5 heteroatoms. The van der Waals surface area contributed by atoms with Crippen molar-refractivity contribution in [2.45, 2.75) is 103 Å². The van der Waals surface area contributed by atoms with Crippen molar-refractivity contribution in [2.75, 3.05) is 13.7 Å². The number of hydrogen-bond acceptors (Lipinski definition) is 5. The van der Waals surface area contributed by atoms with Gasteiger partial charge in [0.15, 0.2) is 5.79 Å². The number of hydrogen-bond donors (Lipinski definition) is 3. The molecule has 1 saturated heterocycles. The van der Waals surface area contributed by atoms with Crippen molar-refractivity contribution in [3.8, 4) is 0 Å². The van der Waals surface area contributed by atoms with Crippen LogP contribution in [0.4, 0.5) is 0 Å². The Hall–Kier alpha value is -0.460. The zero-order valence-corrected chi connectivity index (χ0v) is 20.4. The lowest BCUT2D eigenvalue weighted by Gasteiger charge is -2.58. The Labute approximate surface area is 193 Å². The molecule has 5 nitrogen and oxygen atoms in total. The molecule has 5 rings (SSSR count). The number of aliphatic hydroxyl groups excluding tert-OH is 2. The summed E-state index contributed by atoms with van der Waals surface area (Å²) in [7, 11) is 1.70. The van der Waals surface area contributed by atoms with E-state index in [4.69, 9.17) is 9.47 Å². The summed E-state index contributed by atoms with van der Waals surface area (Å²) in [5.74, 6) is 0.739. The number of ether oxygens (including phenoxy) is 2. The van der Waals surface area contributed by atoms with Gasteiger partial charge in [-0.05, 0) is 85.9 Å². The number of rotatable bonds is 5. The summed E-state index contributed by atoms with van der Waals surface area (Å²) >= 11 is 0. The normalized spacial score (nSPS) is 53.1. The number of fused-ring (bicyclic) bond motifs is 7. The lowest BCUT2D eigenvalue weighted by atomic mass is 9.47. The van der Waals surface area contributed by atoms with Gasteiger partial charge in [0.2, 0.25) is 0 Å². The van der Waals surface area contributed by atoms with Crippen molar-refractivity contribution in [2.24, 2.45) is 40.4 Å². The van der Waals surface area contributed by atoms with Gasteiger partial charge in [0, 0.05) is 26.1 Å². The van der Waals surface area contributed by atoms with Gasteiger partial charge in [0.1, 0.15) is 6.10 Å². The van der Waals surface area contributed by atoms with Crippen LogP contribution in [0, 0.1) is 40.4 Å². The highest BCUT2D eigenvalue weighted by molar-refractivity contribution is 5.26. The van der Waals surface area contributed by atoms with Crippen LogP contribution in [0.5, 0.6) is 0 Å². The van der Waals surface area contributed by atoms with Crippen LogP contribution >= 0.6 is 0 Å². The van der Waals surface area contributed by atoms with Crippen molar-refractivity contribution >= 4 is 0 Å². The maximum absolute atomic E-state index is 11.4. The minimum absolute atomic E-state index is 0.0162. The highest BCUT2D eigenvalue weighted by atomic mass is 16.7. The molecule has 0 amide bonds. The summed E-state index contributed by atoms with van der Waals surface area (Å²) in [5, 5.41) is 32.9. The van der Waals surface area contributed by atoms with Crippen molar-refractivity contribution < 1.29 is 24.8 Å². The predicted molar refractivity (Wildman–Crippen MR) is 123 cm³/mol. The van der Waals surface area contributed by atoms with E-state index in [0.717, 1.165) is 44.9 Å². The molecule has 11 atom stereocenters. The molecule has 0 bridgehead atoms. The van der Waals surface area contributed by atoms with Gasteiger partial charge < -0.3 is 24.8 Å². The molecular weight excluding hydrogens is 404 g/mol. The van der Waals surface area contributed by atoms with Crippen LogP contribution in [0.1, 0.15) is 78.6 Å². The van der Waals surface area contributed by atoms with E-state index in [1.54, 1.807) is 7.11 Å². The first-order valence-corrected chi connectivity index (χ1v) is 13.1. The Bertz CT molecular complexity index is 752. The van der Waals surface area contributed by atoms with E-state index in [9.17, 15) is 15.3 Å². The second-order valence-electron chi connectivity index (χ2n) is 12.5. The van der Waals surface area contributed by atoms with E-state index in [-0.39, 0.29) is 29.0 Å². The van der Waals surface area contributed by atoms with Crippen LogP contribution in [-0.4, -0.2) is 53.1 Å². The Morgan fingerprint density at radius 1 is 1.19 bits per heavy atom. The molecular formula is C27H44O5. The summed E-state index contributed by atoms with van der Waals surface area (Å²) in [6.45, 7) is 7.60. The fourth-order valence-corrected chi connectivity index (χ4v) is 8.99. The van der Waals surface area contributed by atoms with Gasteiger partial charge in [-0.1, -0.05) is 32.4 Å². The zero-order valence-electron chi connectivity index (χ0n) is 20.4. The quantitative estimate of drug-likeness (QED) is 0.553. The lowest BCUT2D eigenvalue weighted by Crippen LogP contribution is -2.53. The molecule has 0 radical (unpaired) electrons. The fourth-order valence-electron chi connectivity index (χ4n) is 8.99. The molecule has 5 aliphatic rings. The van der Waals surface area contributed by atoms with Crippen molar-refractivity contribution in [1.29, 1.82) is 0 Å². The Kier molecular flexibility index (Phi) is 5.86.